The molecule has 0 aromatic heterocycles. The van der Waals surface area contributed by atoms with E-state index in [1.165, 1.54) is 12.8 Å². The van der Waals surface area contributed by atoms with E-state index in [2.05, 4.69) is 12.2 Å². The molecule has 3 nitrogen and oxygen atoms in total. The highest BCUT2D eigenvalue weighted by Gasteiger charge is 2.32. The number of anilines is 1. The molecule has 1 aromatic carbocycles. The molecule has 1 aliphatic carbocycles. The lowest BCUT2D eigenvalue weighted by Crippen LogP contribution is -2.45. The predicted molar refractivity (Wildman–Crippen MR) is 83.4 cm³/mol. The second kappa shape index (κ2) is 5.86. The number of amides is 1. The molecule has 0 aliphatic heterocycles. The van der Waals surface area contributed by atoms with Crippen LogP contribution in [0.25, 0.3) is 0 Å². The molecule has 1 fully saturated rings. The van der Waals surface area contributed by atoms with Crippen molar-refractivity contribution in [1.29, 1.82) is 0 Å². The molecule has 0 bridgehead atoms. The number of benzene rings is 1. The topological polar surface area (TPSA) is 55.1 Å². The van der Waals surface area contributed by atoms with Gasteiger partial charge in [-0.25, -0.2) is 0 Å². The van der Waals surface area contributed by atoms with Gasteiger partial charge >= 0.3 is 0 Å². The van der Waals surface area contributed by atoms with Gasteiger partial charge in [-0.2, -0.15) is 0 Å². The van der Waals surface area contributed by atoms with Crippen molar-refractivity contribution in [1.82, 2.24) is 5.32 Å². The third kappa shape index (κ3) is 3.53. The standard InChI is InChI=1S/C17H26N2O/c1-4-15(11-12-5-6-12)19-16(20)17(2,3)13-7-9-14(18)10-8-13/h7-10,12,15H,4-6,11,18H2,1-3H3,(H,19,20). The molecule has 3 N–H and O–H groups in total. The third-order valence-electron chi connectivity index (χ3n) is 4.34. The summed E-state index contributed by atoms with van der Waals surface area (Å²) in [5.74, 6) is 0.939. The van der Waals surface area contributed by atoms with Crippen LogP contribution in [0.4, 0.5) is 5.69 Å². The zero-order valence-corrected chi connectivity index (χ0v) is 12.8. The quantitative estimate of drug-likeness (QED) is 0.782. The largest absolute Gasteiger partial charge is 0.399 e. The zero-order valence-electron chi connectivity index (χ0n) is 12.8. The molecule has 0 saturated heterocycles. The summed E-state index contributed by atoms with van der Waals surface area (Å²) in [6.07, 6.45) is 4.78. The van der Waals surface area contributed by atoms with Gasteiger partial charge in [0.2, 0.25) is 5.91 Å². The van der Waals surface area contributed by atoms with E-state index in [9.17, 15) is 4.79 Å². The van der Waals surface area contributed by atoms with Crippen LogP contribution in [0, 0.1) is 5.92 Å². The Morgan fingerprint density at radius 3 is 2.45 bits per heavy atom. The van der Waals surface area contributed by atoms with E-state index in [1.54, 1.807) is 0 Å². The van der Waals surface area contributed by atoms with Gasteiger partial charge in [-0.15, -0.1) is 0 Å². The van der Waals surface area contributed by atoms with E-state index < -0.39 is 5.41 Å². The van der Waals surface area contributed by atoms with Crippen LogP contribution in [-0.4, -0.2) is 11.9 Å². The minimum absolute atomic E-state index is 0.106. The Morgan fingerprint density at radius 2 is 1.95 bits per heavy atom. The normalized spacial score (nSPS) is 16.8. The SMILES string of the molecule is CCC(CC1CC1)NC(=O)C(C)(C)c1ccc(N)cc1. The van der Waals surface area contributed by atoms with Gasteiger partial charge in [-0.05, 0) is 50.3 Å². The van der Waals surface area contributed by atoms with Crippen molar-refractivity contribution in [3.8, 4) is 0 Å². The molecule has 3 heteroatoms. The van der Waals surface area contributed by atoms with Gasteiger partial charge in [0.15, 0.2) is 0 Å². The second-order valence-electron chi connectivity index (χ2n) is 6.50. The van der Waals surface area contributed by atoms with Gasteiger partial charge in [-0.1, -0.05) is 31.9 Å². The first kappa shape index (κ1) is 14.9. The predicted octanol–water partition coefficient (Wildman–Crippen LogP) is 3.24. The Morgan fingerprint density at radius 1 is 1.35 bits per heavy atom. The van der Waals surface area contributed by atoms with Crippen LogP contribution >= 0.6 is 0 Å². The lowest BCUT2D eigenvalue weighted by atomic mass is 9.83. The van der Waals surface area contributed by atoms with Crippen molar-refractivity contribution < 1.29 is 4.79 Å². The van der Waals surface area contributed by atoms with E-state index in [4.69, 9.17) is 5.73 Å². The molecule has 1 aliphatic rings. The number of hydrogen-bond donors (Lipinski definition) is 2. The minimum Gasteiger partial charge on any atom is -0.399 e. The van der Waals surface area contributed by atoms with E-state index in [0.29, 0.717) is 6.04 Å². The molecule has 0 heterocycles. The summed E-state index contributed by atoms with van der Waals surface area (Å²) in [4.78, 5) is 12.6. The molecule has 0 radical (unpaired) electrons. The summed E-state index contributed by atoms with van der Waals surface area (Å²) < 4.78 is 0. The lowest BCUT2D eigenvalue weighted by Gasteiger charge is -2.27. The number of carbonyl (C=O) groups excluding carboxylic acids is 1. The summed E-state index contributed by atoms with van der Waals surface area (Å²) in [6.45, 7) is 6.08. The molecule has 0 spiro atoms. The van der Waals surface area contributed by atoms with Crippen molar-refractivity contribution in [3.05, 3.63) is 29.8 Å². The minimum atomic E-state index is -0.523. The highest BCUT2D eigenvalue weighted by Crippen LogP contribution is 2.34. The average Bonchev–Trinajstić information content (AvgIpc) is 3.22. The van der Waals surface area contributed by atoms with E-state index in [0.717, 1.165) is 30.0 Å². The van der Waals surface area contributed by atoms with Crippen LogP contribution in [0.3, 0.4) is 0 Å². The monoisotopic (exact) mass is 274 g/mol. The first-order chi connectivity index (χ1) is 9.43. The van der Waals surface area contributed by atoms with E-state index >= 15 is 0 Å². The number of nitrogen functional groups attached to an aromatic ring is 1. The fraction of sp³-hybridized carbons (Fsp3) is 0.588. The second-order valence-corrected chi connectivity index (χ2v) is 6.50. The van der Waals surface area contributed by atoms with Crippen molar-refractivity contribution in [2.45, 2.75) is 57.9 Å². The Bertz CT molecular complexity index is 460. The van der Waals surface area contributed by atoms with Gasteiger partial charge in [0, 0.05) is 11.7 Å². The van der Waals surface area contributed by atoms with Crippen LogP contribution in [0.2, 0.25) is 0 Å². The summed E-state index contributed by atoms with van der Waals surface area (Å²) in [6, 6.07) is 7.90. The van der Waals surface area contributed by atoms with E-state index in [-0.39, 0.29) is 5.91 Å². The lowest BCUT2D eigenvalue weighted by molar-refractivity contribution is -0.126. The fourth-order valence-electron chi connectivity index (χ4n) is 2.48. The van der Waals surface area contributed by atoms with Crippen LogP contribution in [0.1, 0.15) is 52.0 Å². The Labute approximate surface area is 121 Å². The van der Waals surface area contributed by atoms with Gasteiger partial charge in [0.05, 0.1) is 5.41 Å². The molecule has 1 amide bonds. The third-order valence-corrected chi connectivity index (χ3v) is 4.34. The molecule has 1 aromatic rings. The van der Waals surface area contributed by atoms with Gasteiger partial charge in [0.25, 0.3) is 0 Å². The zero-order chi connectivity index (χ0) is 14.8. The number of nitrogens with one attached hydrogen (secondary N) is 1. The molecule has 2 rings (SSSR count). The number of rotatable bonds is 6. The number of carbonyl (C=O) groups is 1. The molecule has 1 saturated carbocycles. The first-order valence-corrected chi connectivity index (χ1v) is 7.60. The van der Waals surface area contributed by atoms with E-state index in [1.807, 2.05) is 38.1 Å². The van der Waals surface area contributed by atoms with Crippen molar-refractivity contribution in [2.75, 3.05) is 5.73 Å². The molecule has 110 valence electrons. The summed E-state index contributed by atoms with van der Waals surface area (Å²) >= 11 is 0. The van der Waals surface area contributed by atoms with Crippen LogP contribution in [0.15, 0.2) is 24.3 Å². The first-order valence-electron chi connectivity index (χ1n) is 7.60. The van der Waals surface area contributed by atoms with Crippen molar-refractivity contribution in [2.24, 2.45) is 5.92 Å². The molecular formula is C17H26N2O. The Hall–Kier alpha value is -1.51. The smallest absolute Gasteiger partial charge is 0.230 e. The number of nitrogens with two attached hydrogens (primary N) is 1. The maximum atomic E-state index is 12.6. The van der Waals surface area contributed by atoms with Crippen LogP contribution < -0.4 is 11.1 Å². The van der Waals surface area contributed by atoms with Crippen molar-refractivity contribution in [3.63, 3.8) is 0 Å². The van der Waals surface area contributed by atoms with Gasteiger partial charge < -0.3 is 11.1 Å². The highest BCUT2D eigenvalue weighted by molar-refractivity contribution is 5.87. The van der Waals surface area contributed by atoms with Gasteiger partial charge in [0.1, 0.15) is 0 Å². The molecule has 20 heavy (non-hydrogen) atoms. The summed E-state index contributed by atoms with van der Waals surface area (Å²) in [7, 11) is 0. The molecule has 1 atom stereocenters. The van der Waals surface area contributed by atoms with Crippen LogP contribution in [0.5, 0.6) is 0 Å². The Kier molecular flexibility index (Phi) is 4.36. The molecular weight excluding hydrogens is 248 g/mol. The number of hydrogen-bond acceptors (Lipinski definition) is 2. The maximum absolute atomic E-state index is 12.6. The Balaban J connectivity index is 2.03. The van der Waals surface area contributed by atoms with Crippen LogP contribution in [-0.2, 0) is 10.2 Å². The molecule has 1 unspecified atom stereocenters. The highest BCUT2D eigenvalue weighted by atomic mass is 16.2. The fourth-order valence-corrected chi connectivity index (χ4v) is 2.48. The average molecular weight is 274 g/mol. The summed E-state index contributed by atoms with van der Waals surface area (Å²) in [5, 5.41) is 3.22. The maximum Gasteiger partial charge on any atom is 0.230 e. The summed E-state index contributed by atoms with van der Waals surface area (Å²) in [5.41, 5.74) is 6.92. The van der Waals surface area contributed by atoms with Gasteiger partial charge in [-0.3, -0.25) is 4.79 Å². The van der Waals surface area contributed by atoms with Crippen molar-refractivity contribution >= 4 is 11.6 Å².